The molecule has 0 fully saturated rings. The Labute approximate surface area is 85.9 Å². The van der Waals surface area contributed by atoms with E-state index >= 15 is 0 Å². The van der Waals surface area contributed by atoms with Crippen molar-refractivity contribution in [2.75, 3.05) is 0 Å². The molecule has 3 heteroatoms. The third-order valence-corrected chi connectivity index (χ3v) is 1.98. The monoisotopic (exact) mass is 196 g/mol. The van der Waals surface area contributed by atoms with Gasteiger partial charge in [-0.05, 0) is 20.8 Å². The molecule has 1 rings (SSSR count). The Morgan fingerprint density at radius 1 is 1.43 bits per heavy atom. The molecule has 80 valence electrons. The Morgan fingerprint density at radius 2 is 2.07 bits per heavy atom. The second kappa shape index (κ2) is 4.13. The predicted octanol–water partition coefficient (Wildman–Crippen LogP) is 2.69. The number of hydrogen-bond acceptors (Lipinski definition) is 3. The van der Waals surface area contributed by atoms with E-state index in [0.717, 1.165) is 18.0 Å². The molecule has 0 aromatic carbocycles. The summed E-state index contributed by atoms with van der Waals surface area (Å²) in [6.07, 6.45) is 1.52. The van der Waals surface area contributed by atoms with Crippen LogP contribution in [0.5, 0.6) is 0 Å². The minimum atomic E-state index is 0.118. The first kappa shape index (κ1) is 11.2. The highest BCUT2D eigenvalue weighted by molar-refractivity contribution is 5.11. The van der Waals surface area contributed by atoms with Crippen molar-refractivity contribution in [3.63, 3.8) is 0 Å². The van der Waals surface area contributed by atoms with E-state index in [1.807, 2.05) is 0 Å². The summed E-state index contributed by atoms with van der Waals surface area (Å²) in [4.78, 5) is 4.21. The largest absolute Gasteiger partial charge is 0.448 e. The van der Waals surface area contributed by atoms with E-state index in [-0.39, 0.29) is 5.54 Å². The third kappa shape index (κ3) is 3.14. The first-order valence-electron chi connectivity index (χ1n) is 5.07. The lowest BCUT2D eigenvalue weighted by Gasteiger charge is -2.20. The summed E-state index contributed by atoms with van der Waals surface area (Å²) >= 11 is 0. The van der Waals surface area contributed by atoms with Crippen LogP contribution in [0.4, 0.5) is 0 Å². The minimum Gasteiger partial charge on any atom is -0.448 e. The van der Waals surface area contributed by atoms with E-state index in [4.69, 9.17) is 4.42 Å². The number of nitrogens with zero attached hydrogens (tertiary/aromatic N) is 1. The van der Waals surface area contributed by atoms with E-state index in [1.165, 1.54) is 6.39 Å². The molecule has 0 bridgehead atoms. The van der Waals surface area contributed by atoms with Crippen molar-refractivity contribution in [2.45, 2.75) is 52.6 Å². The number of oxazole rings is 1. The molecule has 0 aliphatic carbocycles. The quantitative estimate of drug-likeness (QED) is 0.807. The maximum Gasteiger partial charge on any atom is 0.181 e. The van der Waals surface area contributed by atoms with E-state index < -0.39 is 0 Å². The van der Waals surface area contributed by atoms with Crippen LogP contribution in [0.2, 0.25) is 0 Å². The highest BCUT2D eigenvalue weighted by Gasteiger charge is 2.14. The van der Waals surface area contributed by atoms with Crippen LogP contribution in [0.15, 0.2) is 10.8 Å². The maximum atomic E-state index is 5.34. The van der Waals surface area contributed by atoms with Crippen molar-refractivity contribution in [2.24, 2.45) is 0 Å². The van der Waals surface area contributed by atoms with Crippen LogP contribution in [0.3, 0.4) is 0 Å². The maximum absolute atomic E-state index is 5.34. The molecule has 0 saturated heterocycles. The number of aromatic nitrogens is 1. The fourth-order valence-electron chi connectivity index (χ4n) is 1.23. The van der Waals surface area contributed by atoms with E-state index in [2.05, 4.69) is 44.9 Å². The molecule has 0 amide bonds. The molecule has 1 heterocycles. The standard InChI is InChI=1S/C11H20N2O/c1-8(2)10-9(12-7-14-10)6-13-11(3,4)5/h7-8,13H,6H2,1-5H3. The number of hydrogen-bond donors (Lipinski definition) is 1. The van der Waals surface area contributed by atoms with Crippen LogP contribution in [0.1, 0.15) is 52.0 Å². The molecule has 0 radical (unpaired) electrons. The van der Waals surface area contributed by atoms with Crippen LogP contribution < -0.4 is 5.32 Å². The van der Waals surface area contributed by atoms with Gasteiger partial charge in [-0.15, -0.1) is 0 Å². The fraction of sp³-hybridized carbons (Fsp3) is 0.727. The highest BCUT2D eigenvalue weighted by Crippen LogP contribution is 2.18. The fourth-order valence-corrected chi connectivity index (χ4v) is 1.23. The second-order valence-corrected chi connectivity index (χ2v) is 4.92. The summed E-state index contributed by atoms with van der Waals surface area (Å²) < 4.78 is 5.34. The zero-order valence-electron chi connectivity index (χ0n) is 9.72. The zero-order chi connectivity index (χ0) is 10.8. The van der Waals surface area contributed by atoms with Gasteiger partial charge in [-0.3, -0.25) is 0 Å². The van der Waals surface area contributed by atoms with E-state index in [1.54, 1.807) is 0 Å². The first-order chi connectivity index (χ1) is 6.40. The SMILES string of the molecule is CC(C)c1ocnc1CNC(C)(C)C. The molecule has 3 nitrogen and oxygen atoms in total. The molecule has 14 heavy (non-hydrogen) atoms. The van der Waals surface area contributed by atoms with Gasteiger partial charge in [0.15, 0.2) is 6.39 Å². The molecule has 1 N–H and O–H groups in total. The molecule has 0 spiro atoms. The highest BCUT2D eigenvalue weighted by atomic mass is 16.3. The van der Waals surface area contributed by atoms with Crippen molar-refractivity contribution in [3.05, 3.63) is 17.8 Å². The second-order valence-electron chi connectivity index (χ2n) is 4.92. The number of rotatable bonds is 3. The van der Waals surface area contributed by atoms with Gasteiger partial charge < -0.3 is 9.73 Å². The van der Waals surface area contributed by atoms with Gasteiger partial charge in [-0.1, -0.05) is 13.8 Å². The lowest BCUT2D eigenvalue weighted by Crippen LogP contribution is -2.35. The molecule has 0 aliphatic rings. The van der Waals surface area contributed by atoms with Gasteiger partial charge in [0, 0.05) is 18.0 Å². The van der Waals surface area contributed by atoms with Crippen LogP contribution in [-0.2, 0) is 6.54 Å². The summed E-state index contributed by atoms with van der Waals surface area (Å²) in [7, 11) is 0. The third-order valence-electron chi connectivity index (χ3n) is 1.98. The normalized spacial score (nSPS) is 12.4. The van der Waals surface area contributed by atoms with Gasteiger partial charge in [0.1, 0.15) is 5.76 Å². The van der Waals surface area contributed by atoms with Gasteiger partial charge in [0.25, 0.3) is 0 Å². The topological polar surface area (TPSA) is 38.1 Å². The number of nitrogens with one attached hydrogen (secondary N) is 1. The van der Waals surface area contributed by atoms with Crippen LogP contribution >= 0.6 is 0 Å². The Kier molecular flexibility index (Phi) is 3.32. The van der Waals surface area contributed by atoms with Crippen molar-refractivity contribution < 1.29 is 4.42 Å². The Bertz CT molecular complexity index is 284. The molecule has 0 atom stereocenters. The Hall–Kier alpha value is -0.830. The van der Waals surface area contributed by atoms with Gasteiger partial charge in [-0.2, -0.15) is 0 Å². The Morgan fingerprint density at radius 3 is 2.57 bits per heavy atom. The van der Waals surface area contributed by atoms with E-state index in [0.29, 0.717) is 5.92 Å². The zero-order valence-corrected chi connectivity index (χ0v) is 9.72. The molecule has 0 unspecified atom stereocenters. The lowest BCUT2D eigenvalue weighted by molar-refractivity contribution is 0.415. The van der Waals surface area contributed by atoms with Gasteiger partial charge in [-0.25, -0.2) is 4.98 Å². The van der Waals surface area contributed by atoms with Gasteiger partial charge in [0.2, 0.25) is 0 Å². The molecule has 0 saturated carbocycles. The van der Waals surface area contributed by atoms with Crippen LogP contribution in [-0.4, -0.2) is 10.5 Å². The predicted molar refractivity (Wildman–Crippen MR) is 57.2 cm³/mol. The van der Waals surface area contributed by atoms with Crippen molar-refractivity contribution in [1.82, 2.24) is 10.3 Å². The van der Waals surface area contributed by atoms with Crippen LogP contribution in [0, 0.1) is 0 Å². The van der Waals surface area contributed by atoms with Crippen molar-refractivity contribution in [3.8, 4) is 0 Å². The smallest absolute Gasteiger partial charge is 0.181 e. The molecular weight excluding hydrogens is 176 g/mol. The average molecular weight is 196 g/mol. The summed E-state index contributed by atoms with van der Waals surface area (Å²) in [6, 6.07) is 0. The summed E-state index contributed by atoms with van der Waals surface area (Å²) in [5.41, 5.74) is 1.14. The molecule has 1 aromatic heterocycles. The molecule has 0 aliphatic heterocycles. The minimum absolute atomic E-state index is 0.118. The summed E-state index contributed by atoms with van der Waals surface area (Å²) in [6.45, 7) is 11.4. The Balaban J connectivity index is 2.63. The van der Waals surface area contributed by atoms with Crippen LogP contribution in [0.25, 0.3) is 0 Å². The molecular formula is C11H20N2O. The summed E-state index contributed by atoms with van der Waals surface area (Å²) in [5, 5.41) is 3.40. The average Bonchev–Trinajstić information content (AvgIpc) is 2.46. The van der Waals surface area contributed by atoms with Crippen molar-refractivity contribution in [1.29, 1.82) is 0 Å². The van der Waals surface area contributed by atoms with E-state index in [9.17, 15) is 0 Å². The molecule has 1 aromatic rings. The van der Waals surface area contributed by atoms with Gasteiger partial charge in [0.05, 0.1) is 5.69 Å². The first-order valence-corrected chi connectivity index (χ1v) is 5.07. The van der Waals surface area contributed by atoms with Gasteiger partial charge >= 0.3 is 0 Å². The lowest BCUT2D eigenvalue weighted by atomic mass is 10.1. The summed E-state index contributed by atoms with van der Waals surface area (Å²) in [5.74, 6) is 1.39. The van der Waals surface area contributed by atoms with Crippen molar-refractivity contribution >= 4 is 0 Å².